The van der Waals surface area contributed by atoms with Crippen LogP contribution in [0.15, 0.2) is 22.6 Å². The Morgan fingerprint density at radius 3 is 2.69 bits per heavy atom. The summed E-state index contributed by atoms with van der Waals surface area (Å²) in [6.07, 6.45) is 0. The van der Waals surface area contributed by atoms with Crippen LogP contribution in [0.5, 0.6) is 17.4 Å². The summed E-state index contributed by atoms with van der Waals surface area (Å²) in [4.78, 5) is 23.8. The van der Waals surface area contributed by atoms with E-state index in [0.29, 0.717) is 53.7 Å². The third-order valence-electron chi connectivity index (χ3n) is 5.00. The van der Waals surface area contributed by atoms with Crippen molar-refractivity contribution >= 4 is 34.5 Å². The first-order chi connectivity index (χ1) is 15.5. The van der Waals surface area contributed by atoms with E-state index in [1.165, 1.54) is 7.11 Å². The highest BCUT2D eigenvalue weighted by Crippen LogP contribution is 2.43. The van der Waals surface area contributed by atoms with Gasteiger partial charge in [-0.15, -0.1) is 0 Å². The van der Waals surface area contributed by atoms with Crippen molar-refractivity contribution in [1.82, 2.24) is 20.2 Å². The first-order valence-electron chi connectivity index (χ1n) is 10.2. The van der Waals surface area contributed by atoms with Gasteiger partial charge in [-0.25, -0.2) is 9.78 Å². The van der Waals surface area contributed by atoms with Crippen molar-refractivity contribution in [3.63, 3.8) is 0 Å². The van der Waals surface area contributed by atoms with Gasteiger partial charge in [-0.2, -0.15) is 4.98 Å². The summed E-state index contributed by atoms with van der Waals surface area (Å²) in [5.41, 5.74) is 2.04. The van der Waals surface area contributed by atoms with Crippen molar-refractivity contribution < 1.29 is 23.4 Å². The van der Waals surface area contributed by atoms with E-state index in [0.717, 1.165) is 13.1 Å². The number of benzene rings is 1. The maximum absolute atomic E-state index is 13.0. The molecule has 2 aromatic heterocycles. The molecule has 1 aliphatic rings. The number of carbonyl (C=O) groups is 1. The molecule has 1 aliphatic heterocycles. The predicted molar refractivity (Wildman–Crippen MR) is 120 cm³/mol. The molecule has 2 N–H and O–H groups in total. The molecule has 0 bridgehead atoms. The van der Waals surface area contributed by atoms with Crippen LogP contribution in [0.25, 0.3) is 22.5 Å². The zero-order chi connectivity index (χ0) is 22.7. The molecule has 32 heavy (non-hydrogen) atoms. The SMILES string of the molecule is CCOc1nc2oc(Cl)cc2nc1-c1c(NC(=O)N2CCNCC2)cc(OC)cc1OC. The van der Waals surface area contributed by atoms with Crippen molar-refractivity contribution in [1.29, 1.82) is 0 Å². The number of ether oxygens (including phenoxy) is 3. The van der Waals surface area contributed by atoms with Crippen LogP contribution >= 0.6 is 11.6 Å². The molecule has 2 amide bonds. The summed E-state index contributed by atoms with van der Waals surface area (Å²) in [5.74, 6) is 1.18. The first-order valence-corrected chi connectivity index (χ1v) is 10.5. The summed E-state index contributed by atoms with van der Waals surface area (Å²) in [6, 6.07) is 4.75. The molecule has 0 spiro atoms. The Morgan fingerprint density at radius 1 is 1.22 bits per heavy atom. The van der Waals surface area contributed by atoms with Gasteiger partial charge in [-0.05, 0) is 18.5 Å². The highest BCUT2D eigenvalue weighted by Gasteiger charge is 2.25. The monoisotopic (exact) mass is 461 g/mol. The molecule has 1 aromatic carbocycles. The van der Waals surface area contributed by atoms with Crippen molar-refractivity contribution in [3.8, 4) is 28.6 Å². The largest absolute Gasteiger partial charge is 0.497 e. The molecule has 3 aromatic rings. The molecule has 170 valence electrons. The quantitative estimate of drug-likeness (QED) is 0.574. The molecule has 0 aliphatic carbocycles. The minimum absolute atomic E-state index is 0.161. The molecule has 1 saturated heterocycles. The van der Waals surface area contributed by atoms with Crippen molar-refractivity contribution in [2.45, 2.75) is 6.92 Å². The fourth-order valence-corrected chi connectivity index (χ4v) is 3.67. The number of methoxy groups -OCH3 is 2. The zero-order valence-electron chi connectivity index (χ0n) is 18.0. The topological polar surface area (TPSA) is 111 Å². The average Bonchev–Trinajstić information content (AvgIpc) is 3.17. The Bertz CT molecular complexity index is 1130. The summed E-state index contributed by atoms with van der Waals surface area (Å²) < 4.78 is 22.2. The fraction of sp³-hybridized carbons (Fsp3) is 0.381. The lowest BCUT2D eigenvalue weighted by Gasteiger charge is -2.28. The second-order valence-electron chi connectivity index (χ2n) is 6.97. The van der Waals surface area contributed by atoms with E-state index in [4.69, 9.17) is 30.2 Å². The Labute approximate surface area is 189 Å². The second-order valence-corrected chi connectivity index (χ2v) is 7.34. The van der Waals surface area contributed by atoms with Gasteiger partial charge in [0, 0.05) is 44.4 Å². The smallest absolute Gasteiger partial charge is 0.321 e. The number of amides is 2. The standard InChI is InChI=1S/C21H24ClN5O5/c1-4-31-20-18(24-14-11-16(22)32-19(14)26-20)17-13(9-12(29-2)10-15(17)30-3)25-21(28)27-7-5-23-6-8-27/h9-11,23H,4-8H2,1-3H3,(H,25,28). The summed E-state index contributed by atoms with van der Waals surface area (Å²) in [5, 5.41) is 6.37. The van der Waals surface area contributed by atoms with Crippen LogP contribution in [0, 0.1) is 0 Å². The van der Waals surface area contributed by atoms with Gasteiger partial charge in [0.25, 0.3) is 0 Å². The number of rotatable bonds is 6. The molecule has 4 rings (SSSR count). The molecule has 1 fully saturated rings. The van der Waals surface area contributed by atoms with Crippen LogP contribution < -0.4 is 24.8 Å². The van der Waals surface area contributed by atoms with E-state index in [1.54, 1.807) is 30.2 Å². The van der Waals surface area contributed by atoms with Gasteiger partial charge >= 0.3 is 6.03 Å². The number of furan rings is 1. The molecule has 0 atom stereocenters. The summed E-state index contributed by atoms with van der Waals surface area (Å²) in [6.45, 7) is 4.86. The Hall–Kier alpha value is -3.24. The van der Waals surface area contributed by atoms with Crippen LogP contribution in [0.2, 0.25) is 5.22 Å². The van der Waals surface area contributed by atoms with Gasteiger partial charge in [-0.1, -0.05) is 0 Å². The predicted octanol–water partition coefficient (Wildman–Crippen LogP) is 3.40. The third kappa shape index (κ3) is 4.37. The van der Waals surface area contributed by atoms with Gasteiger partial charge in [0.1, 0.15) is 22.7 Å². The van der Waals surface area contributed by atoms with Gasteiger partial charge in [-0.3, -0.25) is 0 Å². The van der Waals surface area contributed by atoms with Crippen LogP contribution in [0.3, 0.4) is 0 Å². The maximum Gasteiger partial charge on any atom is 0.321 e. The second kappa shape index (κ2) is 9.49. The molecule has 10 nitrogen and oxygen atoms in total. The highest BCUT2D eigenvalue weighted by atomic mass is 35.5. The van der Waals surface area contributed by atoms with E-state index in [9.17, 15) is 4.79 Å². The van der Waals surface area contributed by atoms with E-state index in [-0.39, 0.29) is 22.8 Å². The minimum Gasteiger partial charge on any atom is -0.497 e. The number of nitrogens with one attached hydrogen (secondary N) is 2. The van der Waals surface area contributed by atoms with Crippen LogP contribution in [0.4, 0.5) is 10.5 Å². The Morgan fingerprint density at radius 2 is 2.00 bits per heavy atom. The normalized spacial score (nSPS) is 13.8. The number of aromatic nitrogens is 2. The molecule has 11 heteroatoms. The summed E-state index contributed by atoms with van der Waals surface area (Å²) in [7, 11) is 3.07. The zero-order valence-corrected chi connectivity index (χ0v) is 18.8. The van der Waals surface area contributed by atoms with Gasteiger partial charge in [0.15, 0.2) is 5.22 Å². The van der Waals surface area contributed by atoms with Crippen LogP contribution in [-0.4, -0.2) is 67.9 Å². The molecule has 0 unspecified atom stereocenters. The molecular weight excluding hydrogens is 438 g/mol. The van der Waals surface area contributed by atoms with Gasteiger partial charge in [0.05, 0.1) is 32.1 Å². The number of fused-ring (bicyclic) bond motifs is 1. The molecular formula is C21H24ClN5O5. The molecule has 0 saturated carbocycles. The van der Waals surface area contributed by atoms with Crippen molar-refractivity contribution in [2.75, 3.05) is 52.3 Å². The number of halogens is 1. The Balaban J connectivity index is 1.86. The average molecular weight is 462 g/mol. The lowest BCUT2D eigenvalue weighted by Crippen LogP contribution is -2.48. The molecule has 3 heterocycles. The van der Waals surface area contributed by atoms with E-state index >= 15 is 0 Å². The number of carbonyl (C=O) groups excluding carboxylic acids is 1. The Kier molecular flexibility index (Phi) is 6.52. The third-order valence-corrected chi connectivity index (χ3v) is 5.18. The fourth-order valence-electron chi connectivity index (χ4n) is 3.49. The van der Waals surface area contributed by atoms with Crippen molar-refractivity contribution in [3.05, 3.63) is 23.4 Å². The number of urea groups is 1. The first kappa shape index (κ1) is 22.0. The van der Waals surface area contributed by atoms with E-state index in [1.807, 2.05) is 6.92 Å². The summed E-state index contributed by atoms with van der Waals surface area (Å²) >= 11 is 6.00. The van der Waals surface area contributed by atoms with Gasteiger partial charge in [0.2, 0.25) is 11.6 Å². The number of hydrogen-bond donors (Lipinski definition) is 2. The maximum atomic E-state index is 13.0. The van der Waals surface area contributed by atoms with E-state index in [2.05, 4.69) is 20.6 Å². The number of piperazine rings is 1. The number of nitrogens with zero attached hydrogens (tertiary/aromatic N) is 3. The van der Waals surface area contributed by atoms with Crippen molar-refractivity contribution in [2.24, 2.45) is 0 Å². The number of hydrogen-bond acceptors (Lipinski definition) is 8. The highest BCUT2D eigenvalue weighted by molar-refractivity contribution is 6.29. The minimum atomic E-state index is -0.235. The lowest BCUT2D eigenvalue weighted by atomic mass is 10.1. The van der Waals surface area contributed by atoms with Gasteiger partial charge < -0.3 is 34.2 Å². The molecule has 0 radical (unpaired) electrons. The number of anilines is 1. The van der Waals surface area contributed by atoms with Crippen LogP contribution in [-0.2, 0) is 0 Å². The lowest BCUT2D eigenvalue weighted by molar-refractivity contribution is 0.204. The van der Waals surface area contributed by atoms with E-state index < -0.39 is 0 Å². The van der Waals surface area contributed by atoms with Crippen LogP contribution in [0.1, 0.15) is 6.92 Å².